The van der Waals surface area contributed by atoms with E-state index in [4.69, 9.17) is 11.6 Å². The van der Waals surface area contributed by atoms with Gasteiger partial charge in [0.1, 0.15) is 5.15 Å². The molecule has 0 atom stereocenters. The van der Waals surface area contributed by atoms with E-state index in [-0.39, 0.29) is 4.90 Å². The maximum absolute atomic E-state index is 12.5. The van der Waals surface area contributed by atoms with Crippen molar-refractivity contribution in [2.75, 3.05) is 34.2 Å². The lowest BCUT2D eigenvalue weighted by Crippen LogP contribution is -2.33. The van der Waals surface area contributed by atoms with E-state index in [2.05, 4.69) is 4.98 Å². The van der Waals surface area contributed by atoms with E-state index in [0.717, 1.165) is 5.39 Å². The fourth-order valence-electron chi connectivity index (χ4n) is 1.88. The molecular weight excluding hydrogens is 310 g/mol. The molecule has 1 heterocycles. The van der Waals surface area contributed by atoms with Crippen molar-refractivity contribution < 1.29 is 8.42 Å². The summed E-state index contributed by atoms with van der Waals surface area (Å²) in [6, 6.07) is 8.28. The van der Waals surface area contributed by atoms with E-state index in [1.807, 2.05) is 19.0 Å². The van der Waals surface area contributed by atoms with Gasteiger partial charge in [-0.15, -0.1) is 0 Å². The molecule has 0 amide bonds. The van der Waals surface area contributed by atoms with E-state index >= 15 is 0 Å². The van der Waals surface area contributed by atoms with E-state index in [9.17, 15) is 8.42 Å². The summed E-state index contributed by atoms with van der Waals surface area (Å²) in [5, 5.41) is 1.14. The summed E-state index contributed by atoms with van der Waals surface area (Å²) in [5.41, 5.74) is 0.678. The zero-order chi connectivity index (χ0) is 15.6. The lowest BCUT2D eigenvalue weighted by molar-refractivity contribution is 0.358. The molecular formula is C14H18ClN3O2S. The molecule has 0 fully saturated rings. The van der Waals surface area contributed by atoms with Crippen LogP contribution in [0.1, 0.15) is 0 Å². The van der Waals surface area contributed by atoms with Crippen LogP contribution in [0.25, 0.3) is 10.9 Å². The van der Waals surface area contributed by atoms with Gasteiger partial charge in [0, 0.05) is 25.5 Å². The van der Waals surface area contributed by atoms with Crippen LogP contribution in [0.15, 0.2) is 35.2 Å². The number of fused-ring (bicyclic) bond motifs is 1. The van der Waals surface area contributed by atoms with Gasteiger partial charge < -0.3 is 4.90 Å². The van der Waals surface area contributed by atoms with Crippen molar-refractivity contribution in [2.45, 2.75) is 4.90 Å². The molecule has 7 heteroatoms. The Morgan fingerprint density at radius 3 is 2.48 bits per heavy atom. The molecule has 21 heavy (non-hydrogen) atoms. The van der Waals surface area contributed by atoms with Crippen LogP contribution in [-0.2, 0) is 10.0 Å². The van der Waals surface area contributed by atoms with E-state index in [0.29, 0.717) is 23.8 Å². The van der Waals surface area contributed by atoms with Crippen LogP contribution in [0.2, 0.25) is 5.15 Å². The Kier molecular flexibility index (Phi) is 4.83. The Hall–Kier alpha value is -1.21. The van der Waals surface area contributed by atoms with Crippen LogP contribution >= 0.6 is 11.6 Å². The number of sulfonamides is 1. The number of nitrogens with zero attached hydrogens (tertiary/aromatic N) is 3. The molecule has 0 N–H and O–H groups in total. The first kappa shape index (κ1) is 16.2. The second-order valence-electron chi connectivity index (χ2n) is 5.12. The summed E-state index contributed by atoms with van der Waals surface area (Å²) >= 11 is 5.83. The molecule has 0 aliphatic carbocycles. The predicted octanol–water partition coefficient (Wildman–Crippen LogP) is 2.07. The quantitative estimate of drug-likeness (QED) is 0.789. The van der Waals surface area contributed by atoms with Crippen LogP contribution in [0.3, 0.4) is 0 Å². The molecule has 2 rings (SSSR count). The number of hydrogen-bond acceptors (Lipinski definition) is 4. The summed E-state index contributed by atoms with van der Waals surface area (Å²) in [6.45, 7) is 1.10. The van der Waals surface area contributed by atoms with Gasteiger partial charge in [0.25, 0.3) is 0 Å². The minimum absolute atomic E-state index is 0.264. The van der Waals surface area contributed by atoms with Crippen molar-refractivity contribution in [3.05, 3.63) is 35.5 Å². The van der Waals surface area contributed by atoms with Crippen LogP contribution in [0, 0.1) is 0 Å². The highest BCUT2D eigenvalue weighted by molar-refractivity contribution is 7.89. The van der Waals surface area contributed by atoms with Crippen molar-refractivity contribution in [1.82, 2.24) is 14.2 Å². The van der Waals surface area contributed by atoms with Crippen molar-refractivity contribution in [3.63, 3.8) is 0 Å². The first-order valence-corrected chi connectivity index (χ1v) is 8.30. The van der Waals surface area contributed by atoms with Gasteiger partial charge in [-0.3, -0.25) is 0 Å². The topological polar surface area (TPSA) is 53.5 Å². The fourth-order valence-corrected chi connectivity index (χ4v) is 3.23. The minimum atomic E-state index is -3.49. The van der Waals surface area contributed by atoms with Gasteiger partial charge in [0.05, 0.1) is 10.4 Å². The number of halogens is 1. The van der Waals surface area contributed by atoms with Crippen LogP contribution in [0.5, 0.6) is 0 Å². The molecule has 5 nitrogen and oxygen atoms in total. The average molecular weight is 328 g/mol. The van der Waals surface area contributed by atoms with E-state index in [1.54, 1.807) is 37.4 Å². The normalized spacial score (nSPS) is 12.5. The highest BCUT2D eigenvalue weighted by Gasteiger charge is 2.20. The molecule has 0 spiro atoms. The fraction of sp³-hybridized carbons (Fsp3) is 0.357. The highest BCUT2D eigenvalue weighted by atomic mass is 35.5. The monoisotopic (exact) mass is 327 g/mol. The average Bonchev–Trinajstić information content (AvgIpc) is 2.43. The standard InChI is InChI=1S/C14H18ClN3O2S/c1-17(2)8-9-18(3)21(19,20)12-5-6-13-11(10-12)4-7-14(15)16-13/h4-7,10H,8-9H2,1-3H3. The molecule has 1 aromatic carbocycles. The Labute approximate surface area is 130 Å². The maximum atomic E-state index is 12.5. The third-order valence-corrected chi connectivity index (χ3v) is 5.26. The molecule has 1 aromatic heterocycles. The number of benzene rings is 1. The van der Waals surface area contributed by atoms with Gasteiger partial charge in [-0.2, -0.15) is 4.31 Å². The van der Waals surface area contributed by atoms with Crippen LogP contribution < -0.4 is 0 Å². The zero-order valence-electron chi connectivity index (χ0n) is 12.2. The van der Waals surface area contributed by atoms with Crippen molar-refractivity contribution >= 4 is 32.5 Å². The van der Waals surface area contributed by atoms with Gasteiger partial charge >= 0.3 is 0 Å². The molecule has 0 saturated heterocycles. The van der Waals surface area contributed by atoms with Crippen molar-refractivity contribution in [1.29, 1.82) is 0 Å². The molecule has 0 aliphatic rings. The Morgan fingerprint density at radius 1 is 1.10 bits per heavy atom. The second-order valence-corrected chi connectivity index (χ2v) is 7.55. The Bertz CT molecular complexity index is 747. The molecule has 0 bridgehead atoms. The van der Waals surface area contributed by atoms with Crippen LogP contribution in [-0.4, -0.2) is 56.8 Å². The number of rotatable bonds is 5. The van der Waals surface area contributed by atoms with Crippen molar-refractivity contribution in [3.8, 4) is 0 Å². The molecule has 0 saturated carbocycles. The third kappa shape index (κ3) is 3.71. The van der Waals surface area contributed by atoms with E-state index < -0.39 is 10.0 Å². The predicted molar refractivity (Wildman–Crippen MR) is 85.1 cm³/mol. The lowest BCUT2D eigenvalue weighted by Gasteiger charge is -2.19. The van der Waals surface area contributed by atoms with Gasteiger partial charge in [0.15, 0.2) is 0 Å². The Morgan fingerprint density at radius 2 is 1.81 bits per heavy atom. The van der Waals surface area contributed by atoms with Gasteiger partial charge in [-0.05, 0) is 44.4 Å². The molecule has 0 aliphatic heterocycles. The van der Waals surface area contributed by atoms with Crippen molar-refractivity contribution in [2.24, 2.45) is 0 Å². The number of likely N-dealkylation sites (N-methyl/N-ethyl adjacent to an activating group) is 2. The SMILES string of the molecule is CN(C)CCN(C)S(=O)(=O)c1ccc2nc(Cl)ccc2c1. The molecule has 0 radical (unpaired) electrons. The third-order valence-electron chi connectivity index (χ3n) is 3.20. The highest BCUT2D eigenvalue weighted by Crippen LogP contribution is 2.21. The second kappa shape index (κ2) is 6.27. The summed E-state index contributed by atoms with van der Waals surface area (Å²) in [7, 11) is 1.91. The molecule has 0 unspecified atom stereocenters. The summed E-state index contributed by atoms with van der Waals surface area (Å²) in [6.07, 6.45) is 0. The van der Waals surface area contributed by atoms with E-state index in [1.165, 1.54) is 4.31 Å². The van der Waals surface area contributed by atoms with Gasteiger partial charge in [-0.1, -0.05) is 11.6 Å². The summed E-state index contributed by atoms with van der Waals surface area (Å²) in [5.74, 6) is 0. The molecule has 114 valence electrons. The first-order chi connectivity index (χ1) is 9.80. The van der Waals surface area contributed by atoms with Crippen LogP contribution in [0.4, 0.5) is 0 Å². The zero-order valence-corrected chi connectivity index (χ0v) is 13.8. The number of aromatic nitrogens is 1. The number of pyridine rings is 1. The van der Waals surface area contributed by atoms with Gasteiger partial charge in [0.2, 0.25) is 10.0 Å². The summed E-state index contributed by atoms with van der Waals surface area (Å²) < 4.78 is 26.4. The lowest BCUT2D eigenvalue weighted by atomic mass is 10.2. The Balaban J connectivity index is 2.33. The van der Waals surface area contributed by atoms with Gasteiger partial charge in [-0.25, -0.2) is 13.4 Å². The number of hydrogen-bond donors (Lipinski definition) is 0. The first-order valence-electron chi connectivity index (χ1n) is 6.48. The minimum Gasteiger partial charge on any atom is -0.308 e. The molecule has 2 aromatic rings. The maximum Gasteiger partial charge on any atom is 0.242 e. The summed E-state index contributed by atoms with van der Waals surface area (Å²) in [4.78, 5) is 6.36. The largest absolute Gasteiger partial charge is 0.308 e. The smallest absolute Gasteiger partial charge is 0.242 e.